The van der Waals surface area contributed by atoms with Crippen LogP contribution in [0.4, 0.5) is 0 Å². The van der Waals surface area contributed by atoms with Crippen LogP contribution in [0, 0.1) is 0 Å². The second-order valence-electron chi connectivity index (χ2n) is 5.08. The van der Waals surface area contributed by atoms with Crippen molar-refractivity contribution < 1.29 is 9.52 Å². The molecule has 0 bridgehead atoms. The number of benzene rings is 1. The van der Waals surface area contributed by atoms with E-state index in [9.17, 15) is 5.11 Å². The summed E-state index contributed by atoms with van der Waals surface area (Å²) < 4.78 is 7.44. The number of hydrogen-bond donors (Lipinski definition) is 1. The van der Waals surface area contributed by atoms with Gasteiger partial charge in [-0.3, -0.25) is 0 Å². The Bertz CT molecular complexity index is 728. The maximum atomic E-state index is 9.50. The van der Waals surface area contributed by atoms with Crippen LogP contribution in [0.25, 0.3) is 11.0 Å². The van der Waals surface area contributed by atoms with E-state index < -0.39 is 0 Å². The summed E-state index contributed by atoms with van der Waals surface area (Å²) >= 11 is 0. The van der Waals surface area contributed by atoms with Crippen molar-refractivity contribution in [1.82, 2.24) is 14.5 Å². The van der Waals surface area contributed by atoms with Gasteiger partial charge in [0.1, 0.15) is 23.9 Å². The lowest BCUT2D eigenvalue weighted by Gasteiger charge is -2.08. The molecule has 0 radical (unpaired) electrons. The van der Waals surface area contributed by atoms with Gasteiger partial charge in [0, 0.05) is 5.92 Å². The van der Waals surface area contributed by atoms with Gasteiger partial charge in [-0.05, 0) is 12.1 Å². The lowest BCUT2D eigenvalue weighted by Crippen LogP contribution is -2.07. The van der Waals surface area contributed by atoms with Crippen molar-refractivity contribution >= 4 is 11.0 Å². The zero-order valence-electron chi connectivity index (χ0n) is 11.6. The molecule has 0 saturated heterocycles. The Morgan fingerprint density at radius 1 is 1.30 bits per heavy atom. The molecule has 1 N–H and O–H groups in total. The first-order chi connectivity index (χ1) is 9.70. The maximum Gasteiger partial charge on any atom is 0.181 e. The molecule has 0 saturated carbocycles. The first-order valence-electron chi connectivity index (χ1n) is 6.68. The van der Waals surface area contributed by atoms with Crippen LogP contribution < -0.4 is 0 Å². The van der Waals surface area contributed by atoms with Gasteiger partial charge in [-0.2, -0.15) is 0 Å². The molecule has 0 aliphatic heterocycles. The van der Waals surface area contributed by atoms with Crippen LogP contribution in [0.2, 0.25) is 0 Å². The molecule has 0 fully saturated rings. The highest BCUT2D eigenvalue weighted by Gasteiger charge is 2.16. The van der Waals surface area contributed by atoms with Gasteiger partial charge in [-0.1, -0.05) is 26.0 Å². The highest BCUT2D eigenvalue weighted by molar-refractivity contribution is 5.76. The molecular formula is C15H17N3O2. The summed E-state index contributed by atoms with van der Waals surface area (Å²) in [5.74, 6) is 1.80. The molecule has 0 spiro atoms. The molecule has 5 heteroatoms. The molecule has 104 valence electrons. The Labute approximate surface area is 116 Å². The number of hydrogen-bond acceptors (Lipinski definition) is 4. The van der Waals surface area contributed by atoms with Crippen molar-refractivity contribution in [2.75, 3.05) is 0 Å². The molecule has 3 aromatic rings. The fourth-order valence-corrected chi connectivity index (χ4v) is 2.44. The van der Waals surface area contributed by atoms with Crippen LogP contribution in [-0.2, 0) is 13.2 Å². The quantitative estimate of drug-likeness (QED) is 0.792. The molecule has 0 aliphatic carbocycles. The minimum absolute atomic E-state index is 0.0937. The summed E-state index contributed by atoms with van der Waals surface area (Å²) in [5, 5.41) is 9.50. The van der Waals surface area contributed by atoms with Gasteiger partial charge in [-0.25, -0.2) is 9.97 Å². The number of aliphatic hydroxyl groups is 1. The number of rotatable bonds is 4. The second kappa shape index (κ2) is 5.09. The summed E-state index contributed by atoms with van der Waals surface area (Å²) in [5.41, 5.74) is 2.76. The zero-order valence-corrected chi connectivity index (χ0v) is 11.6. The van der Waals surface area contributed by atoms with E-state index in [-0.39, 0.29) is 12.5 Å². The minimum Gasteiger partial charge on any atom is -0.448 e. The Morgan fingerprint density at radius 3 is 2.85 bits per heavy atom. The van der Waals surface area contributed by atoms with Crippen LogP contribution in [0.15, 0.2) is 35.1 Å². The summed E-state index contributed by atoms with van der Waals surface area (Å²) in [7, 11) is 0. The normalized spacial score (nSPS) is 11.6. The first-order valence-corrected chi connectivity index (χ1v) is 6.68. The second-order valence-corrected chi connectivity index (χ2v) is 5.08. The Balaban J connectivity index is 2.07. The average Bonchev–Trinajstić information content (AvgIpc) is 3.04. The van der Waals surface area contributed by atoms with Crippen LogP contribution >= 0.6 is 0 Å². The highest BCUT2D eigenvalue weighted by Crippen LogP contribution is 2.22. The molecule has 2 aromatic heterocycles. The SMILES string of the molecule is CC(C)c1ocnc1Cn1c(CO)nc2ccccc21. The predicted molar refractivity (Wildman–Crippen MR) is 75.3 cm³/mol. The van der Waals surface area contributed by atoms with Crippen molar-refractivity contribution in [3.63, 3.8) is 0 Å². The number of aromatic nitrogens is 3. The fraction of sp³-hybridized carbons (Fsp3) is 0.333. The third-order valence-electron chi connectivity index (χ3n) is 3.38. The summed E-state index contributed by atoms with van der Waals surface area (Å²) in [6.45, 7) is 4.61. The van der Waals surface area contributed by atoms with Gasteiger partial charge >= 0.3 is 0 Å². The molecule has 0 atom stereocenters. The van der Waals surface area contributed by atoms with Gasteiger partial charge in [0.05, 0.1) is 17.6 Å². The zero-order chi connectivity index (χ0) is 14.1. The number of fused-ring (bicyclic) bond motifs is 1. The van der Waals surface area contributed by atoms with Gasteiger partial charge in [0.15, 0.2) is 6.39 Å². The molecule has 5 nitrogen and oxygen atoms in total. The summed E-state index contributed by atoms with van der Waals surface area (Å²) in [4.78, 5) is 8.74. The maximum absolute atomic E-state index is 9.50. The third-order valence-corrected chi connectivity index (χ3v) is 3.38. The number of aliphatic hydroxyl groups excluding tert-OH is 1. The Morgan fingerprint density at radius 2 is 2.10 bits per heavy atom. The highest BCUT2D eigenvalue weighted by atomic mass is 16.3. The number of para-hydroxylation sites is 2. The average molecular weight is 271 g/mol. The monoisotopic (exact) mass is 271 g/mol. The number of oxazole rings is 1. The van der Waals surface area contributed by atoms with Crippen LogP contribution in [-0.4, -0.2) is 19.6 Å². The van der Waals surface area contributed by atoms with E-state index in [1.54, 1.807) is 0 Å². The number of nitrogens with zero attached hydrogens (tertiary/aromatic N) is 3. The van der Waals surface area contributed by atoms with E-state index >= 15 is 0 Å². The molecule has 3 rings (SSSR count). The molecular weight excluding hydrogens is 254 g/mol. The van der Waals surface area contributed by atoms with Crippen molar-refractivity contribution in [1.29, 1.82) is 0 Å². The van der Waals surface area contributed by atoms with Crippen molar-refractivity contribution in [2.45, 2.75) is 32.9 Å². The summed E-state index contributed by atoms with van der Waals surface area (Å²) in [6.07, 6.45) is 1.47. The molecule has 0 amide bonds. The van der Waals surface area contributed by atoms with Crippen molar-refractivity contribution in [3.8, 4) is 0 Å². The predicted octanol–water partition coefficient (Wildman–Crippen LogP) is 2.69. The van der Waals surface area contributed by atoms with E-state index in [1.807, 2.05) is 28.8 Å². The van der Waals surface area contributed by atoms with Crippen LogP contribution in [0.1, 0.15) is 37.0 Å². The molecule has 2 heterocycles. The number of imidazole rings is 1. The lowest BCUT2D eigenvalue weighted by atomic mass is 10.1. The van der Waals surface area contributed by atoms with E-state index in [0.29, 0.717) is 12.4 Å². The van der Waals surface area contributed by atoms with E-state index in [2.05, 4.69) is 23.8 Å². The summed E-state index contributed by atoms with van der Waals surface area (Å²) in [6, 6.07) is 7.85. The van der Waals surface area contributed by atoms with Crippen molar-refractivity contribution in [3.05, 3.63) is 47.9 Å². The van der Waals surface area contributed by atoms with Gasteiger partial charge in [-0.15, -0.1) is 0 Å². The van der Waals surface area contributed by atoms with Crippen molar-refractivity contribution in [2.24, 2.45) is 0 Å². The Hall–Kier alpha value is -2.14. The molecule has 20 heavy (non-hydrogen) atoms. The van der Waals surface area contributed by atoms with Gasteiger partial charge < -0.3 is 14.1 Å². The van der Waals surface area contributed by atoms with E-state index in [4.69, 9.17) is 4.42 Å². The largest absolute Gasteiger partial charge is 0.448 e. The standard InChI is InChI=1S/C15H17N3O2/c1-10(2)15-12(16-9-20-15)7-18-13-6-4-3-5-11(13)17-14(18)8-19/h3-6,9-10,19H,7-8H2,1-2H3. The molecule has 1 aromatic carbocycles. The van der Waals surface area contributed by atoms with Gasteiger partial charge in [0.25, 0.3) is 0 Å². The topological polar surface area (TPSA) is 64.1 Å². The smallest absolute Gasteiger partial charge is 0.181 e. The third kappa shape index (κ3) is 2.10. The molecule has 0 unspecified atom stereocenters. The first kappa shape index (κ1) is 12.9. The lowest BCUT2D eigenvalue weighted by molar-refractivity contribution is 0.266. The fourth-order valence-electron chi connectivity index (χ4n) is 2.44. The molecule has 0 aliphatic rings. The van der Waals surface area contributed by atoms with Gasteiger partial charge in [0.2, 0.25) is 0 Å². The van der Waals surface area contributed by atoms with Crippen LogP contribution in [0.3, 0.4) is 0 Å². The van der Waals surface area contributed by atoms with Crippen LogP contribution in [0.5, 0.6) is 0 Å². The van der Waals surface area contributed by atoms with E-state index in [1.165, 1.54) is 6.39 Å². The van der Waals surface area contributed by atoms with E-state index in [0.717, 1.165) is 22.5 Å². The minimum atomic E-state index is -0.0937. The Kier molecular flexibility index (Phi) is 3.28.